The number of hydrogen-bond donors (Lipinski definition) is 3. The van der Waals surface area contributed by atoms with E-state index in [-0.39, 0.29) is 49.6 Å². The molecular formula is C15H23F2IN4O5S. The maximum absolute atomic E-state index is 12.6. The second kappa shape index (κ2) is 11.4. The van der Waals surface area contributed by atoms with Crippen LogP contribution in [0.2, 0.25) is 0 Å². The van der Waals surface area contributed by atoms with Crippen LogP contribution in [-0.4, -0.2) is 54.2 Å². The summed E-state index contributed by atoms with van der Waals surface area (Å²) in [4.78, 5) is 4.02. The van der Waals surface area contributed by atoms with E-state index in [4.69, 9.17) is 9.47 Å². The minimum absolute atomic E-state index is 0. The highest BCUT2D eigenvalue weighted by atomic mass is 127. The molecule has 1 heterocycles. The predicted octanol–water partition coefficient (Wildman–Crippen LogP) is 1.24. The van der Waals surface area contributed by atoms with Crippen LogP contribution in [0.3, 0.4) is 0 Å². The lowest BCUT2D eigenvalue weighted by Gasteiger charge is -2.15. The van der Waals surface area contributed by atoms with Gasteiger partial charge in [0.1, 0.15) is 5.75 Å². The Morgan fingerprint density at radius 3 is 2.54 bits per heavy atom. The molecule has 2 rings (SSSR count). The Hall–Kier alpha value is -1.61. The number of benzene rings is 1. The first-order chi connectivity index (χ1) is 12.8. The number of nitrogens with one attached hydrogen (secondary N) is 3. The Balaban J connectivity index is 0.00000392. The number of guanidine groups is 1. The number of nitrogens with zero attached hydrogens (tertiary/aromatic N) is 1. The lowest BCUT2D eigenvalue weighted by molar-refractivity contribution is -0.0505. The molecule has 28 heavy (non-hydrogen) atoms. The SMILES string of the molecule is CN=C(NCCCNS(C)(=O)=O)NCc1cc2c(cc1OC(F)F)OCO2.I. The maximum Gasteiger partial charge on any atom is 0.387 e. The third-order valence-electron chi connectivity index (χ3n) is 3.45. The summed E-state index contributed by atoms with van der Waals surface area (Å²) in [5.74, 6) is 1.20. The van der Waals surface area contributed by atoms with E-state index in [1.54, 1.807) is 13.1 Å². The molecule has 3 N–H and O–H groups in total. The molecule has 160 valence electrons. The second-order valence-electron chi connectivity index (χ2n) is 5.56. The Morgan fingerprint density at radius 2 is 1.93 bits per heavy atom. The monoisotopic (exact) mass is 536 g/mol. The molecule has 1 aromatic rings. The Kier molecular flexibility index (Phi) is 9.95. The van der Waals surface area contributed by atoms with Crippen molar-refractivity contribution in [2.75, 3.05) is 33.2 Å². The molecule has 0 amide bonds. The van der Waals surface area contributed by atoms with Crippen LogP contribution >= 0.6 is 24.0 Å². The largest absolute Gasteiger partial charge is 0.454 e. The number of fused-ring (bicyclic) bond motifs is 1. The number of ether oxygens (including phenoxy) is 3. The van der Waals surface area contributed by atoms with Crippen LogP contribution in [0, 0.1) is 0 Å². The topological polar surface area (TPSA) is 110 Å². The molecule has 0 fully saturated rings. The van der Waals surface area contributed by atoms with Crippen molar-refractivity contribution >= 4 is 40.0 Å². The standard InChI is InChI=1S/C15H22F2N4O5S.HI/c1-18-15(19-4-3-5-21-27(2,22)23)20-8-10-6-12-13(25-9-24-12)7-11(10)26-14(16)17;/h6-7,14,21H,3-5,8-9H2,1-2H3,(H2,18,19,20);1H. The predicted molar refractivity (Wildman–Crippen MR) is 110 cm³/mol. The molecule has 0 radical (unpaired) electrons. The molecule has 0 saturated carbocycles. The van der Waals surface area contributed by atoms with Gasteiger partial charge in [0.25, 0.3) is 0 Å². The van der Waals surface area contributed by atoms with Crippen LogP contribution in [0.15, 0.2) is 17.1 Å². The van der Waals surface area contributed by atoms with Gasteiger partial charge >= 0.3 is 6.61 Å². The summed E-state index contributed by atoms with van der Waals surface area (Å²) in [6.07, 6.45) is 1.63. The van der Waals surface area contributed by atoms with Crippen LogP contribution in [0.25, 0.3) is 0 Å². The lowest BCUT2D eigenvalue weighted by Crippen LogP contribution is -2.38. The molecule has 0 unspecified atom stereocenters. The smallest absolute Gasteiger partial charge is 0.387 e. The van der Waals surface area contributed by atoms with E-state index in [0.29, 0.717) is 36.0 Å². The number of hydrogen-bond acceptors (Lipinski definition) is 6. The number of halogens is 3. The second-order valence-corrected chi connectivity index (χ2v) is 7.40. The summed E-state index contributed by atoms with van der Waals surface area (Å²) >= 11 is 0. The van der Waals surface area contributed by atoms with Gasteiger partial charge in [-0.05, 0) is 12.5 Å². The quantitative estimate of drug-likeness (QED) is 0.189. The van der Waals surface area contributed by atoms with E-state index in [1.807, 2.05) is 0 Å². The molecule has 0 aromatic heterocycles. The summed E-state index contributed by atoms with van der Waals surface area (Å²) < 4.78 is 64.6. The summed E-state index contributed by atoms with van der Waals surface area (Å²) in [6.45, 7) is -2.05. The fourth-order valence-corrected chi connectivity index (χ4v) is 2.78. The number of alkyl halides is 2. The van der Waals surface area contributed by atoms with Crippen molar-refractivity contribution in [3.05, 3.63) is 17.7 Å². The van der Waals surface area contributed by atoms with Gasteiger partial charge in [0.15, 0.2) is 17.5 Å². The number of rotatable bonds is 9. The Morgan fingerprint density at radius 1 is 1.25 bits per heavy atom. The first-order valence-corrected chi connectivity index (χ1v) is 9.94. The van der Waals surface area contributed by atoms with Crippen LogP contribution in [0.5, 0.6) is 17.2 Å². The summed E-state index contributed by atoms with van der Waals surface area (Å²) in [6, 6.07) is 2.93. The summed E-state index contributed by atoms with van der Waals surface area (Å²) in [5.41, 5.74) is 0.446. The van der Waals surface area contributed by atoms with Gasteiger partial charge in [0.2, 0.25) is 16.8 Å². The average molecular weight is 536 g/mol. The van der Waals surface area contributed by atoms with Gasteiger partial charge in [-0.1, -0.05) is 0 Å². The highest BCUT2D eigenvalue weighted by Crippen LogP contribution is 2.38. The Bertz CT molecular complexity index is 780. The molecule has 0 saturated heterocycles. The van der Waals surface area contributed by atoms with Gasteiger partial charge in [-0.2, -0.15) is 8.78 Å². The lowest BCUT2D eigenvalue weighted by atomic mass is 10.1. The van der Waals surface area contributed by atoms with Gasteiger partial charge in [-0.15, -0.1) is 24.0 Å². The van der Waals surface area contributed by atoms with Gasteiger partial charge < -0.3 is 24.8 Å². The van der Waals surface area contributed by atoms with Crippen molar-refractivity contribution in [3.63, 3.8) is 0 Å². The molecule has 0 aliphatic carbocycles. The fourth-order valence-electron chi connectivity index (χ4n) is 2.26. The molecule has 0 bridgehead atoms. The van der Waals surface area contributed by atoms with E-state index in [1.165, 1.54) is 6.07 Å². The summed E-state index contributed by atoms with van der Waals surface area (Å²) in [5, 5.41) is 5.97. The molecular weight excluding hydrogens is 513 g/mol. The first kappa shape index (κ1) is 24.4. The minimum Gasteiger partial charge on any atom is -0.454 e. The molecule has 0 atom stereocenters. The van der Waals surface area contributed by atoms with Crippen molar-refractivity contribution in [1.29, 1.82) is 0 Å². The van der Waals surface area contributed by atoms with E-state index in [2.05, 4.69) is 25.1 Å². The van der Waals surface area contributed by atoms with Gasteiger partial charge in [-0.25, -0.2) is 13.1 Å². The van der Waals surface area contributed by atoms with Crippen LogP contribution in [0.4, 0.5) is 8.78 Å². The normalized spacial score (nSPS) is 13.2. The molecule has 1 aliphatic heterocycles. The summed E-state index contributed by atoms with van der Waals surface area (Å²) in [7, 11) is -1.66. The van der Waals surface area contributed by atoms with Crippen molar-refractivity contribution in [1.82, 2.24) is 15.4 Å². The van der Waals surface area contributed by atoms with Crippen LogP contribution in [-0.2, 0) is 16.6 Å². The third kappa shape index (κ3) is 8.18. The van der Waals surface area contributed by atoms with E-state index in [0.717, 1.165) is 6.26 Å². The van der Waals surface area contributed by atoms with E-state index < -0.39 is 16.6 Å². The van der Waals surface area contributed by atoms with Gasteiger partial charge in [-0.3, -0.25) is 4.99 Å². The first-order valence-electron chi connectivity index (χ1n) is 8.05. The van der Waals surface area contributed by atoms with Gasteiger partial charge in [0.05, 0.1) is 6.26 Å². The van der Waals surface area contributed by atoms with Crippen molar-refractivity contribution in [3.8, 4) is 17.2 Å². The van der Waals surface area contributed by atoms with Crippen molar-refractivity contribution < 1.29 is 31.4 Å². The zero-order valence-electron chi connectivity index (χ0n) is 15.3. The number of sulfonamides is 1. The molecule has 13 heteroatoms. The molecule has 1 aliphatic rings. The average Bonchev–Trinajstić information content (AvgIpc) is 3.02. The van der Waals surface area contributed by atoms with Crippen LogP contribution in [0.1, 0.15) is 12.0 Å². The highest BCUT2D eigenvalue weighted by molar-refractivity contribution is 14.0. The third-order valence-corrected chi connectivity index (χ3v) is 4.18. The molecule has 0 spiro atoms. The number of aliphatic imine (C=N–C) groups is 1. The molecule has 9 nitrogen and oxygen atoms in total. The minimum atomic E-state index is -3.22. The zero-order valence-corrected chi connectivity index (χ0v) is 18.5. The van der Waals surface area contributed by atoms with E-state index >= 15 is 0 Å². The fraction of sp³-hybridized carbons (Fsp3) is 0.533. The van der Waals surface area contributed by atoms with E-state index in [9.17, 15) is 17.2 Å². The maximum atomic E-state index is 12.6. The van der Waals surface area contributed by atoms with Crippen molar-refractivity contribution in [2.24, 2.45) is 4.99 Å². The molecule has 1 aromatic carbocycles. The zero-order chi connectivity index (χ0) is 19.9. The van der Waals surface area contributed by atoms with Crippen molar-refractivity contribution in [2.45, 2.75) is 19.6 Å². The van der Waals surface area contributed by atoms with Gasteiger partial charge in [0, 0.05) is 38.3 Å². The highest BCUT2D eigenvalue weighted by Gasteiger charge is 2.20. The Labute approximate surface area is 179 Å². The van der Waals surface area contributed by atoms with Crippen LogP contribution < -0.4 is 29.6 Å².